The highest BCUT2D eigenvalue weighted by Crippen LogP contribution is 2.34. The van der Waals surface area contributed by atoms with Crippen LogP contribution in [0.25, 0.3) is 0 Å². The van der Waals surface area contributed by atoms with Crippen molar-refractivity contribution >= 4 is 27.7 Å². The Hall–Kier alpha value is -1.52. The molecule has 1 aromatic rings. The first-order valence-electron chi connectivity index (χ1n) is 8.06. The van der Waals surface area contributed by atoms with Crippen LogP contribution in [0.15, 0.2) is 23.1 Å². The fourth-order valence-electron chi connectivity index (χ4n) is 2.45. The third-order valence-corrected chi connectivity index (χ3v) is 6.15. The minimum atomic E-state index is -4.69. The Morgan fingerprint density at radius 1 is 1.11 bits per heavy atom. The molecule has 11 heteroatoms. The van der Waals surface area contributed by atoms with Gasteiger partial charge in [-0.3, -0.25) is 0 Å². The molecule has 2 rings (SSSR count). The highest BCUT2D eigenvalue weighted by atomic mass is 35.5. The summed E-state index contributed by atoms with van der Waals surface area (Å²) in [4.78, 5) is 12.8. The number of hydrogen-bond donors (Lipinski definition) is 0. The maximum Gasteiger partial charge on any atom is 0.416 e. The number of amides is 1. The predicted molar refractivity (Wildman–Crippen MR) is 93.0 cm³/mol. The van der Waals surface area contributed by atoms with Gasteiger partial charge in [0.1, 0.15) is 10.5 Å². The van der Waals surface area contributed by atoms with Crippen LogP contribution < -0.4 is 0 Å². The van der Waals surface area contributed by atoms with Gasteiger partial charge >= 0.3 is 12.3 Å². The van der Waals surface area contributed by atoms with Crippen molar-refractivity contribution in [2.45, 2.75) is 37.4 Å². The van der Waals surface area contributed by atoms with Gasteiger partial charge in [0, 0.05) is 26.2 Å². The van der Waals surface area contributed by atoms with E-state index in [1.165, 1.54) is 4.90 Å². The number of rotatable bonds is 2. The summed E-state index contributed by atoms with van der Waals surface area (Å²) in [5.41, 5.74) is -1.79. The van der Waals surface area contributed by atoms with E-state index in [1.807, 2.05) is 0 Å². The highest BCUT2D eigenvalue weighted by Gasteiger charge is 2.36. The van der Waals surface area contributed by atoms with Crippen molar-refractivity contribution in [2.24, 2.45) is 0 Å². The molecule has 1 fully saturated rings. The Kier molecular flexibility index (Phi) is 6.03. The normalized spacial score (nSPS) is 17.1. The molecule has 27 heavy (non-hydrogen) atoms. The number of ether oxygens (including phenoxy) is 1. The quantitative estimate of drug-likeness (QED) is 0.721. The van der Waals surface area contributed by atoms with E-state index in [1.54, 1.807) is 20.8 Å². The van der Waals surface area contributed by atoms with Gasteiger partial charge < -0.3 is 9.64 Å². The Morgan fingerprint density at radius 3 is 2.15 bits per heavy atom. The Balaban J connectivity index is 2.17. The molecule has 1 amide bonds. The zero-order chi connectivity index (χ0) is 20.6. The molecule has 0 bridgehead atoms. The van der Waals surface area contributed by atoms with E-state index in [4.69, 9.17) is 16.3 Å². The molecule has 1 aliphatic heterocycles. The smallest absolute Gasteiger partial charge is 0.416 e. The summed E-state index contributed by atoms with van der Waals surface area (Å²) in [5, 5.41) is -0.294. The fourth-order valence-corrected chi connectivity index (χ4v) is 4.38. The zero-order valence-electron chi connectivity index (χ0n) is 15.0. The second kappa shape index (κ2) is 7.48. The van der Waals surface area contributed by atoms with Crippen molar-refractivity contribution in [1.29, 1.82) is 0 Å². The molecule has 1 aliphatic rings. The van der Waals surface area contributed by atoms with Gasteiger partial charge in [-0.15, -0.1) is 0 Å². The topological polar surface area (TPSA) is 66.9 Å². The zero-order valence-corrected chi connectivity index (χ0v) is 16.6. The van der Waals surface area contributed by atoms with Gasteiger partial charge in [0.2, 0.25) is 10.0 Å². The molecule has 0 N–H and O–H groups in total. The predicted octanol–water partition coefficient (Wildman–Crippen LogP) is 3.60. The molecule has 1 heterocycles. The number of benzene rings is 1. The van der Waals surface area contributed by atoms with E-state index in [2.05, 4.69) is 0 Å². The van der Waals surface area contributed by atoms with E-state index < -0.39 is 38.4 Å². The minimum Gasteiger partial charge on any atom is -0.444 e. The lowest BCUT2D eigenvalue weighted by molar-refractivity contribution is -0.137. The molecule has 0 atom stereocenters. The summed E-state index contributed by atoms with van der Waals surface area (Å²) in [6.45, 7) is 5.10. The summed E-state index contributed by atoms with van der Waals surface area (Å²) < 4.78 is 70.4. The summed E-state index contributed by atoms with van der Waals surface area (Å²) in [6, 6.07) is 2.16. The number of carbonyl (C=O) groups is 1. The van der Waals surface area contributed by atoms with Crippen molar-refractivity contribution in [3.8, 4) is 0 Å². The Morgan fingerprint density at radius 2 is 1.67 bits per heavy atom. The molecule has 0 aliphatic carbocycles. The average Bonchev–Trinajstić information content (AvgIpc) is 2.52. The van der Waals surface area contributed by atoms with Crippen LogP contribution in [0.4, 0.5) is 18.0 Å². The van der Waals surface area contributed by atoms with Crippen LogP contribution in [0.3, 0.4) is 0 Å². The van der Waals surface area contributed by atoms with Crippen molar-refractivity contribution in [3.05, 3.63) is 28.8 Å². The van der Waals surface area contributed by atoms with Crippen molar-refractivity contribution in [2.75, 3.05) is 26.2 Å². The van der Waals surface area contributed by atoms with E-state index in [0.717, 1.165) is 16.4 Å². The first-order chi connectivity index (χ1) is 12.2. The molecule has 152 valence electrons. The lowest BCUT2D eigenvalue weighted by atomic mass is 10.2. The van der Waals surface area contributed by atoms with Gasteiger partial charge in [-0.2, -0.15) is 17.5 Å². The molecule has 0 spiro atoms. The molecule has 0 saturated carbocycles. The van der Waals surface area contributed by atoms with Gasteiger partial charge in [-0.1, -0.05) is 11.6 Å². The van der Waals surface area contributed by atoms with E-state index >= 15 is 0 Å². The Bertz CT molecular complexity index is 814. The van der Waals surface area contributed by atoms with Crippen molar-refractivity contribution in [1.82, 2.24) is 9.21 Å². The summed E-state index contributed by atoms with van der Waals surface area (Å²) >= 11 is 5.84. The van der Waals surface area contributed by atoms with Crippen LogP contribution in [0.5, 0.6) is 0 Å². The SMILES string of the molecule is CC(C)(C)OC(=O)N1CCN(S(=O)(=O)c2cc(C(F)(F)F)ccc2Cl)CC1. The van der Waals surface area contributed by atoms with Crippen LogP contribution >= 0.6 is 11.6 Å². The fraction of sp³-hybridized carbons (Fsp3) is 0.562. The van der Waals surface area contributed by atoms with Crippen LogP contribution in [0.2, 0.25) is 5.02 Å². The van der Waals surface area contributed by atoms with Gasteiger partial charge in [0.15, 0.2) is 0 Å². The maximum absolute atomic E-state index is 12.9. The number of alkyl halides is 3. The van der Waals surface area contributed by atoms with E-state index in [-0.39, 0.29) is 31.2 Å². The summed E-state index contributed by atoms with van der Waals surface area (Å²) in [6.07, 6.45) is -5.26. The molecule has 1 aromatic carbocycles. The molecule has 6 nitrogen and oxygen atoms in total. The summed E-state index contributed by atoms with van der Waals surface area (Å²) in [7, 11) is -4.24. The first-order valence-corrected chi connectivity index (χ1v) is 9.88. The third-order valence-electron chi connectivity index (χ3n) is 3.77. The average molecular weight is 429 g/mol. The van der Waals surface area contributed by atoms with Gasteiger partial charge in [-0.05, 0) is 39.0 Å². The standard InChI is InChI=1S/C16H20ClF3N2O4S/c1-15(2,3)26-14(23)21-6-8-22(9-7-21)27(24,25)13-10-11(16(18,19)20)4-5-12(13)17/h4-5,10H,6-9H2,1-3H3. The molecule has 0 radical (unpaired) electrons. The van der Waals surface area contributed by atoms with E-state index in [0.29, 0.717) is 6.07 Å². The number of halogens is 4. The maximum atomic E-state index is 12.9. The lowest BCUT2D eigenvalue weighted by Gasteiger charge is -2.35. The van der Waals surface area contributed by atoms with Crippen molar-refractivity contribution in [3.63, 3.8) is 0 Å². The Labute approximate surface area is 160 Å². The number of nitrogens with zero attached hydrogens (tertiary/aromatic N) is 2. The van der Waals surface area contributed by atoms with Crippen molar-refractivity contribution < 1.29 is 31.1 Å². The second-order valence-corrected chi connectivity index (χ2v) is 9.33. The van der Waals surface area contributed by atoms with Crippen LogP contribution in [-0.4, -0.2) is 55.5 Å². The minimum absolute atomic E-state index is 0.0602. The number of hydrogen-bond acceptors (Lipinski definition) is 4. The molecule has 0 aromatic heterocycles. The second-order valence-electron chi connectivity index (χ2n) is 7.01. The van der Waals surface area contributed by atoms with Gasteiger partial charge in [0.05, 0.1) is 10.6 Å². The summed E-state index contributed by atoms with van der Waals surface area (Å²) in [5.74, 6) is 0. The molecular weight excluding hydrogens is 409 g/mol. The largest absolute Gasteiger partial charge is 0.444 e. The molecule has 0 unspecified atom stereocenters. The number of carbonyl (C=O) groups excluding carboxylic acids is 1. The third kappa shape index (κ3) is 5.26. The number of piperazine rings is 1. The molecule has 1 saturated heterocycles. The first kappa shape index (κ1) is 21.8. The van der Waals surface area contributed by atoms with Crippen LogP contribution in [0, 0.1) is 0 Å². The lowest BCUT2D eigenvalue weighted by Crippen LogP contribution is -2.51. The number of sulfonamides is 1. The monoisotopic (exact) mass is 428 g/mol. The van der Waals surface area contributed by atoms with Gasteiger partial charge in [-0.25, -0.2) is 13.2 Å². The van der Waals surface area contributed by atoms with Crippen LogP contribution in [-0.2, 0) is 20.9 Å². The van der Waals surface area contributed by atoms with E-state index in [9.17, 15) is 26.4 Å². The molecular formula is C16H20ClF3N2O4S. The van der Waals surface area contributed by atoms with Gasteiger partial charge in [0.25, 0.3) is 0 Å². The van der Waals surface area contributed by atoms with Crippen LogP contribution in [0.1, 0.15) is 26.3 Å². The highest BCUT2D eigenvalue weighted by molar-refractivity contribution is 7.89.